The van der Waals surface area contributed by atoms with Crippen LogP contribution >= 0.6 is 0 Å². The lowest BCUT2D eigenvalue weighted by Gasteiger charge is -2.12. The van der Waals surface area contributed by atoms with E-state index in [0.717, 1.165) is 19.4 Å². The maximum atomic E-state index is 10.2. The SMILES string of the molecule is C=CCCN(C=O)CC=C. The van der Waals surface area contributed by atoms with Crippen LogP contribution in [0.4, 0.5) is 0 Å². The fourth-order valence-electron chi connectivity index (χ4n) is 0.610. The van der Waals surface area contributed by atoms with Crippen LogP contribution in [0.15, 0.2) is 25.3 Å². The lowest BCUT2D eigenvalue weighted by Crippen LogP contribution is -2.22. The average molecular weight is 139 g/mol. The molecule has 0 aliphatic heterocycles. The van der Waals surface area contributed by atoms with Gasteiger partial charge in [-0.1, -0.05) is 12.2 Å². The molecule has 0 saturated carbocycles. The van der Waals surface area contributed by atoms with E-state index in [-0.39, 0.29) is 0 Å². The summed E-state index contributed by atoms with van der Waals surface area (Å²) in [5, 5.41) is 0. The number of amides is 1. The van der Waals surface area contributed by atoms with Gasteiger partial charge >= 0.3 is 0 Å². The molecular formula is C8H13NO. The van der Waals surface area contributed by atoms with Crippen LogP contribution in [0.1, 0.15) is 6.42 Å². The van der Waals surface area contributed by atoms with Crippen molar-refractivity contribution >= 4 is 6.41 Å². The molecule has 0 radical (unpaired) electrons. The molecule has 0 saturated heterocycles. The van der Waals surface area contributed by atoms with Gasteiger partial charge in [0.15, 0.2) is 0 Å². The average Bonchev–Trinajstić information content (AvgIpc) is 1.98. The maximum Gasteiger partial charge on any atom is 0.209 e. The highest BCUT2D eigenvalue weighted by Crippen LogP contribution is 1.87. The van der Waals surface area contributed by atoms with Gasteiger partial charge in [-0.2, -0.15) is 0 Å². The minimum Gasteiger partial charge on any atom is -0.341 e. The minimum atomic E-state index is 0.622. The Morgan fingerprint density at radius 1 is 1.30 bits per heavy atom. The van der Waals surface area contributed by atoms with E-state index >= 15 is 0 Å². The first kappa shape index (κ1) is 8.95. The third kappa shape index (κ3) is 3.89. The van der Waals surface area contributed by atoms with Crippen LogP contribution < -0.4 is 0 Å². The summed E-state index contributed by atoms with van der Waals surface area (Å²) in [5.41, 5.74) is 0. The van der Waals surface area contributed by atoms with Crippen molar-refractivity contribution in [2.24, 2.45) is 0 Å². The fourth-order valence-corrected chi connectivity index (χ4v) is 0.610. The van der Waals surface area contributed by atoms with Crippen molar-refractivity contribution in [3.63, 3.8) is 0 Å². The Kier molecular flexibility index (Phi) is 5.44. The molecule has 0 fully saturated rings. The predicted molar refractivity (Wildman–Crippen MR) is 42.6 cm³/mol. The van der Waals surface area contributed by atoms with Crippen LogP contribution in [-0.4, -0.2) is 24.4 Å². The van der Waals surface area contributed by atoms with Crippen molar-refractivity contribution in [2.45, 2.75) is 6.42 Å². The van der Waals surface area contributed by atoms with Crippen molar-refractivity contribution < 1.29 is 4.79 Å². The molecule has 2 heteroatoms. The smallest absolute Gasteiger partial charge is 0.209 e. The third-order valence-electron chi connectivity index (χ3n) is 1.13. The van der Waals surface area contributed by atoms with Crippen molar-refractivity contribution in [3.05, 3.63) is 25.3 Å². The molecule has 0 aromatic carbocycles. The molecule has 0 rings (SSSR count). The van der Waals surface area contributed by atoms with Gasteiger partial charge in [-0.15, -0.1) is 13.2 Å². The van der Waals surface area contributed by atoms with Gasteiger partial charge in [-0.25, -0.2) is 0 Å². The summed E-state index contributed by atoms with van der Waals surface area (Å²) >= 11 is 0. The molecule has 0 aliphatic rings. The second-order valence-electron chi connectivity index (χ2n) is 1.97. The molecule has 0 aromatic rings. The Hall–Kier alpha value is -1.05. The third-order valence-corrected chi connectivity index (χ3v) is 1.13. The van der Waals surface area contributed by atoms with Gasteiger partial charge in [-0.3, -0.25) is 4.79 Å². The number of carbonyl (C=O) groups excluding carboxylic acids is 1. The first-order chi connectivity index (χ1) is 4.85. The second-order valence-corrected chi connectivity index (χ2v) is 1.97. The van der Waals surface area contributed by atoms with Gasteiger partial charge in [0.2, 0.25) is 6.41 Å². The van der Waals surface area contributed by atoms with Gasteiger partial charge in [-0.05, 0) is 6.42 Å². The van der Waals surface area contributed by atoms with Gasteiger partial charge in [0.1, 0.15) is 0 Å². The summed E-state index contributed by atoms with van der Waals surface area (Å²) in [7, 11) is 0. The molecule has 0 unspecified atom stereocenters. The molecule has 1 amide bonds. The van der Waals surface area contributed by atoms with Crippen LogP contribution in [0.25, 0.3) is 0 Å². The van der Waals surface area contributed by atoms with Crippen molar-refractivity contribution in [1.82, 2.24) is 4.90 Å². The quantitative estimate of drug-likeness (QED) is 0.400. The predicted octanol–water partition coefficient (Wildman–Crippen LogP) is 1.21. The highest BCUT2D eigenvalue weighted by atomic mass is 16.1. The molecule has 10 heavy (non-hydrogen) atoms. The Morgan fingerprint density at radius 2 is 2.00 bits per heavy atom. The van der Waals surface area contributed by atoms with Gasteiger partial charge < -0.3 is 4.90 Å². The number of rotatable bonds is 6. The van der Waals surface area contributed by atoms with Gasteiger partial charge in [0.05, 0.1) is 0 Å². The van der Waals surface area contributed by atoms with Crippen LogP contribution in [-0.2, 0) is 4.79 Å². The summed E-state index contributed by atoms with van der Waals surface area (Å²) in [5.74, 6) is 0. The molecule has 56 valence electrons. The summed E-state index contributed by atoms with van der Waals surface area (Å²) in [6.45, 7) is 8.45. The molecule has 0 atom stereocenters. The van der Waals surface area contributed by atoms with Crippen molar-refractivity contribution in [3.8, 4) is 0 Å². The van der Waals surface area contributed by atoms with E-state index in [2.05, 4.69) is 13.2 Å². The van der Waals surface area contributed by atoms with E-state index in [9.17, 15) is 4.79 Å². The van der Waals surface area contributed by atoms with E-state index in [1.54, 1.807) is 17.1 Å². The van der Waals surface area contributed by atoms with Crippen LogP contribution in [0.3, 0.4) is 0 Å². The van der Waals surface area contributed by atoms with E-state index < -0.39 is 0 Å². The lowest BCUT2D eigenvalue weighted by atomic mass is 10.4. The topological polar surface area (TPSA) is 20.3 Å². The second kappa shape index (κ2) is 6.08. The molecule has 0 heterocycles. The zero-order chi connectivity index (χ0) is 7.82. The number of carbonyl (C=O) groups is 1. The van der Waals surface area contributed by atoms with Gasteiger partial charge in [0.25, 0.3) is 0 Å². The summed E-state index contributed by atoms with van der Waals surface area (Å²) in [4.78, 5) is 11.9. The Morgan fingerprint density at radius 3 is 2.40 bits per heavy atom. The molecular weight excluding hydrogens is 126 g/mol. The Bertz CT molecular complexity index is 120. The fraction of sp³-hybridized carbons (Fsp3) is 0.375. The van der Waals surface area contributed by atoms with E-state index in [4.69, 9.17) is 0 Å². The molecule has 0 N–H and O–H groups in total. The minimum absolute atomic E-state index is 0.622. The Balaban J connectivity index is 3.47. The van der Waals surface area contributed by atoms with Crippen LogP contribution in [0, 0.1) is 0 Å². The Labute approximate surface area is 61.8 Å². The van der Waals surface area contributed by atoms with Crippen molar-refractivity contribution in [2.75, 3.05) is 13.1 Å². The highest BCUT2D eigenvalue weighted by Gasteiger charge is 1.93. The van der Waals surface area contributed by atoms with Gasteiger partial charge in [0, 0.05) is 13.1 Å². The highest BCUT2D eigenvalue weighted by molar-refractivity contribution is 5.47. The molecule has 0 aliphatic carbocycles. The lowest BCUT2D eigenvalue weighted by molar-refractivity contribution is -0.117. The molecule has 0 bridgehead atoms. The summed E-state index contributed by atoms with van der Waals surface area (Å²) < 4.78 is 0. The first-order valence-corrected chi connectivity index (χ1v) is 3.26. The van der Waals surface area contributed by atoms with E-state index in [0.29, 0.717) is 6.54 Å². The molecule has 0 aromatic heterocycles. The van der Waals surface area contributed by atoms with Crippen LogP contribution in [0.2, 0.25) is 0 Å². The standard InChI is InChI=1S/C8H13NO/c1-3-5-7-9(8-10)6-4-2/h3-4,8H,1-2,5-7H2. The summed E-state index contributed by atoms with van der Waals surface area (Å²) in [6, 6.07) is 0. The molecule has 2 nitrogen and oxygen atoms in total. The van der Waals surface area contributed by atoms with E-state index in [1.807, 2.05) is 0 Å². The van der Waals surface area contributed by atoms with Crippen molar-refractivity contribution in [1.29, 1.82) is 0 Å². The van der Waals surface area contributed by atoms with Crippen LogP contribution in [0.5, 0.6) is 0 Å². The largest absolute Gasteiger partial charge is 0.341 e. The summed E-state index contributed by atoms with van der Waals surface area (Å²) in [6.07, 6.45) is 5.16. The normalized spacial score (nSPS) is 8.40. The number of hydrogen-bond acceptors (Lipinski definition) is 1. The molecule has 0 spiro atoms. The zero-order valence-corrected chi connectivity index (χ0v) is 6.12. The maximum absolute atomic E-state index is 10.2. The number of hydrogen-bond donors (Lipinski definition) is 0. The first-order valence-electron chi connectivity index (χ1n) is 3.26. The van der Waals surface area contributed by atoms with E-state index in [1.165, 1.54) is 0 Å². The monoisotopic (exact) mass is 139 g/mol. The zero-order valence-electron chi connectivity index (χ0n) is 6.12. The number of nitrogens with zero attached hydrogens (tertiary/aromatic N) is 1.